The Labute approximate surface area is 114 Å². The molecular formula is C13H14F3N3O. The van der Waals surface area contributed by atoms with E-state index < -0.39 is 28.7 Å². The topological polar surface area (TPSA) is 54.0 Å². The van der Waals surface area contributed by atoms with Crippen molar-refractivity contribution in [3.8, 4) is 12.3 Å². The molecule has 0 aliphatic carbocycles. The predicted molar refractivity (Wildman–Crippen MR) is 67.4 cm³/mol. The third-order valence-corrected chi connectivity index (χ3v) is 2.43. The lowest BCUT2D eigenvalue weighted by molar-refractivity contribution is -0.138. The number of hydrazine groups is 1. The molecule has 2 N–H and O–H groups in total. The maximum absolute atomic E-state index is 12.7. The maximum Gasteiger partial charge on any atom is 0.417 e. The van der Waals surface area contributed by atoms with E-state index in [1.54, 1.807) is 13.8 Å². The third kappa shape index (κ3) is 4.24. The van der Waals surface area contributed by atoms with Crippen LogP contribution in [-0.2, 0) is 6.18 Å². The molecule has 0 atom stereocenters. The summed E-state index contributed by atoms with van der Waals surface area (Å²) in [5, 5.41) is 0. The molecule has 1 amide bonds. The van der Waals surface area contributed by atoms with Gasteiger partial charge in [-0.1, -0.05) is 0 Å². The molecule has 108 valence electrons. The lowest BCUT2D eigenvalue weighted by atomic mass is 10.0. The molecule has 0 saturated heterocycles. The van der Waals surface area contributed by atoms with Crippen LogP contribution in [0.2, 0.25) is 0 Å². The number of halogens is 3. The summed E-state index contributed by atoms with van der Waals surface area (Å²) in [4.78, 5) is 15.3. The first-order valence-corrected chi connectivity index (χ1v) is 5.69. The van der Waals surface area contributed by atoms with E-state index in [9.17, 15) is 18.0 Å². The van der Waals surface area contributed by atoms with E-state index in [-0.39, 0.29) is 0 Å². The molecule has 0 fully saturated rings. The van der Waals surface area contributed by atoms with Crippen molar-refractivity contribution in [3.05, 3.63) is 29.6 Å². The average molecular weight is 285 g/mol. The number of carbonyl (C=O) groups excluding carboxylic acids is 1. The van der Waals surface area contributed by atoms with Gasteiger partial charge in [0.15, 0.2) is 0 Å². The zero-order chi connectivity index (χ0) is 15.4. The van der Waals surface area contributed by atoms with Gasteiger partial charge in [0.25, 0.3) is 5.91 Å². The first-order chi connectivity index (χ1) is 9.17. The van der Waals surface area contributed by atoms with Crippen LogP contribution in [0.25, 0.3) is 0 Å². The second-order valence-electron chi connectivity index (χ2n) is 4.76. The Hall–Kier alpha value is -2.07. The fourth-order valence-electron chi connectivity index (χ4n) is 1.42. The molecule has 0 saturated carbocycles. The van der Waals surface area contributed by atoms with Gasteiger partial charge in [-0.05, 0) is 19.9 Å². The number of terminal acetylenes is 1. The van der Waals surface area contributed by atoms with Crippen molar-refractivity contribution >= 4 is 5.91 Å². The van der Waals surface area contributed by atoms with Gasteiger partial charge in [0.05, 0.1) is 11.1 Å². The number of hydrogen-bond donors (Lipinski definition) is 2. The number of hydrogen-bond acceptors (Lipinski definition) is 3. The second-order valence-corrected chi connectivity index (χ2v) is 4.76. The quantitative estimate of drug-likeness (QED) is 0.658. The van der Waals surface area contributed by atoms with Gasteiger partial charge in [-0.3, -0.25) is 15.2 Å². The summed E-state index contributed by atoms with van der Waals surface area (Å²) < 4.78 is 38.2. The van der Waals surface area contributed by atoms with E-state index in [0.717, 1.165) is 18.5 Å². The number of alkyl halides is 3. The molecule has 1 aromatic rings. The van der Waals surface area contributed by atoms with Crippen molar-refractivity contribution in [2.45, 2.75) is 32.0 Å². The van der Waals surface area contributed by atoms with Crippen molar-refractivity contribution in [2.75, 3.05) is 0 Å². The largest absolute Gasteiger partial charge is 0.417 e. The number of amides is 1. The summed E-state index contributed by atoms with van der Waals surface area (Å²) in [6.45, 7) is 3.42. The number of carbonyl (C=O) groups is 1. The molecule has 20 heavy (non-hydrogen) atoms. The van der Waals surface area contributed by atoms with Crippen LogP contribution < -0.4 is 10.9 Å². The number of rotatable bonds is 4. The van der Waals surface area contributed by atoms with E-state index in [0.29, 0.717) is 6.42 Å². The highest BCUT2D eigenvalue weighted by Crippen LogP contribution is 2.31. The van der Waals surface area contributed by atoms with E-state index >= 15 is 0 Å². The van der Waals surface area contributed by atoms with Crippen LogP contribution in [0.3, 0.4) is 0 Å². The highest BCUT2D eigenvalue weighted by atomic mass is 19.4. The van der Waals surface area contributed by atoms with Crippen molar-refractivity contribution in [1.29, 1.82) is 0 Å². The van der Waals surface area contributed by atoms with Crippen LogP contribution >= 0.6 is 0 Å². The normalized spacial score (nSPS) is 11.8. The number of nitrogens with zero attached hydrogens (tertiary/aromatic N) is 1. The van der Waals surface area contributed by atoms with Gasteiger partial charge in [-0.25, -0.2) is 5.43 Å². The molecule has 0 spiro atoms. The van der Waals surface area contributed by atoms with Crippen LogP contribution in [-0.4, -0.2) is 16.4 Å². The Morgan fingerprint density at radius 1 is 1.45 bits per heavy atom. The smallest absolute Gasteiger partial charge is 0.287 e. The van der Waals surface area contributed by atoms with Gasteiger partial charge >= 0.3 is 6.18 Å². The van der Waals surface area contributed by atoms with E-state index in [4.69, 9.17) is 6.42 Å². The van der Waals surface area contributed by atoms with Crippen molar-refractivity contribution < 1.29 is 18.0 Å². The summed E-state index contributed by atoms with van der Waals surface area (Å²) in [5.41, 5.74) is 2.59. The monoisotopic (exact) mass is 285 g/mol. The minimum atomic E-state index is -4.62. The minimum absolute atomic E-state index is 0.298. The average Bonchev–Trinajstić information content (AvgIpc) is 2.35. The molecule has 7 heteroatoms. The van der Waals surface area contributed by atoms with Gasteiger partial charge in [-0.15, -0.1) is 12.3 Å². The molecule has 0 unspecified atom stereocenters. The summed E-state index contributed by atoms with van der Waals surface area (Å²) in [6.07, 6.45) is 2.68. The van der Waals surface area contributed by atoms with Gasteiger partial charge in [-0.2, -0.15) is 13.2 Å². The summed E-state index contributed by atoms with van der Waals surface area (Å²) in [6, 6.07) is 0.751. The van der Waals surface area contributed by atoms with Gasteiger partial charge in [0.2, 0.25) is 0 Å². The highest BCUT2D eigenvalue weighted by molar-refractivity contribution is 5.95. The number of aromatic nitrogens is 1. The maximum atomic E-state index is 12.7. The van der Waals surface area contributed by atoms with Crippen LogP contribution in [0.1, 0.15) is 36.2 Å². The van der Waals surface area contributed by atoms with Gasteiger partial charge in [0, 0.05) is 24.4 Å². The molecule has 0 radical (unpaired) electrons. The van der Waals surface area contributed by atoms with Crippen molar-refractivity contribution in [3.63, 3.8) is 0 Å². The van der Waals surface area contributed by atoms with Crippen LogP contribution in [0.15, 0.2) is 18.5 Å². The second kappa shape index (κ2) is 5.92. The Morgan fingerprint density at radius 2 is 2.10 bits per heavy atom. The van der Waals surface area contributed by atoms with E-state index in [2.05, 4.69) is 21.8 Å². The van der Waals surface area contributed by atoms with Crippen LogP contribution in [0, 0.1) is 12.3 Å². The lowest BCUT2D eigenvalue weighted by Crippen LogP contribution is -2.50. The van der Waals surface area contributed by atoms with Crippen molar-refractivity contribution in [2.24, 2.45) is 0 Å². The van der Waals surface area contributed by atoms with Crippen LogP contribution in [0.5, 0.6) is 0 Å². The Bertz CT molecular complexity index is 532. The minimum Gasteiger partial charge on any atom is -0.287 e. The van der Waals surface area contributed by atoms with Gasteiger partial charge in [0.1, 0.15) is 0 Å². The third-order valence-electron chi connectivity index (χ3n) is 2.43. The SMILES string of the molecule is C#CCC(C)(C)NNC(=O)c1cnccc1C(F)(F)F. The molecular weight excluding hydrogens is 271 g/mol. The molecule has 0 aromatic carbocycles. The molecule has 0 aliphatic rings. The molecule has 4 nitrogen and oxygen atoms in total. The molecule has 1 rings (SSSR count). The Balaban J connectivity index is 2.87. The first-order valence-electron chi connectivity index (χ1n) is 5.69. The fourth-order valence-corrected chi connectivity index (χ4v) is 1.42. The predicted octanol–water partition coefficient (Wildman–Crippen LogP) is 2.14. The Morgan fingerprint density at radius 3 is 2.65 bits per heavy atom. The summed E-state index contributed by atoms with van der Waals surface area (Å²) in [5.74, 6) is 1.48. The summed E-state index contributed by atoms with van der Waals surface area (Å²) in [7, 11) is 0. The molecule has 0 aliphatic heterocycles. The zero-order valence-corrected chi connectivity index (χ0v) is 11.0. The van der Waals surface area contributed by atoms with E-state index in [1.165, 1.54) is 0 Å². The van der Waals surface area contributed by atoms with E-state index in [1.807, 2.05) is 0 Å². The van der Waals surface area contributed by atoms with Gasteiger partial charge < -0.3 is 0 Å². The highest BCUT2D eigenvalue weighted by Gasteiger charge is 2.35. The lowest BCUT2D eigenvalue weighted by Gasteiger charge is -2.24. The number of nitrogens with one attached hydrogen (secondary N) is 2. The van der Waals surface area contributed by atoms with Crippen LogP contribution in [0.4, 0.5) is 13.2 Å². The molecule has 1 heterocycles. The zero-order valence-electron chi connectivity index (χ0n) is 11.0. The number of pyridine rings is 1. The summed E-state index contributed by atoms with van der Waals surface area (Å²) >= 11 is 0. The first kappa shape index (κ1) is 16.0. The fraction of sp³-hybridized carbons (Fsp3) is 0.385. The molecule has 0 bridgehead atoms. The standard InChI is InChI=1S/C13H14F3N3O/c1-4-6-12(2,3)19-18-11(20)9-8-17-7-5-10(9)13(14,15)16/h1,5,7-8,19H,6H2,2-3H3,(H,18,20). The molecule has 1 aromatic heterocycles. The van der Waals surface area contributed by atoms with Crippen molar-refractivity contribution in [1.82, 2.24) is 15.8 Å². The Kier molecular flexibility index (Phi) is 4.73.